The van der Waals surface area contributed by atoms with E-state index in [1.807, 2.05) is 0 Å². The molecule has 0 atom stereocenters. The van der Waals surface area contributed by atoms with E-state index in [1.165, 1.54) is 0 Å². The van der Waals surface area contributed by atoms with Crippen molar-refractivity contribution in [1.82, 2.24) is 0 Å². The van der Waals surface area contributed by atoms with Crippen molar-refractivity contribution in [2.45, 2.75) is 59.9 Å². The van der Waals surface area contributed by atoms with Crippen molar-refractivity contribution in [1.29, 1.82) is 0 Å². The molecule has 0 aromatic heterocycles. The fraction of sp³-hybridized carbons (Fsp3) is 0.625. The Kier molecular flexibility index (Phi) is 7.99. The third-order valence-electron chi connectivity index (χ3n) is 2.81. The predicted molar refractivity (Wildman–Crippen MR) is 86.1 cm³/mol. The molecular weight excluding hydrogens is 379 g/mol. The van der Waals surface area contributed by atoms with Gasteiger partial charge in [0.1, 0.15) is 0 Å². The van der Waals surface area contributed by atoms with Gasteiger partial charge in [0.05, 0.1) is 0 Å². The van der Waals surface area contributed by atoms with Crippen molar-refractivity contribution in [2.75, 3.05) is 6.23 Å². The number of halogens is 5. The fourth-order valence-electron chi connectivity index (χ4n) is 2.13. The maximum atomic E-state index is 13.8. The standard InChI is InChI=1S/C16H23F5O4Si/c1-8(2)23-26(24-9(3)4,25-10(5)6)7-22-16-14(20)12(18)11(17)13(19)15(16)21/h8-10H,7H2,1-6H3. The van der Waals surface area contributed by atoms with E-state index in [-0.39, 0.29) is 18.3 Å². The van der Waals surface area contributed by atoms with Gasteiger partial charge in [-0.3, -0.25) is 0 Å². The molecule has 0 saturated heterocycles. The summed E-state index contributed by atoms with van der Waals surface area (Å²) in [6.07, 6.45) is -1.79. The van der Waals surface area contributed by atoms with Crippen molar-refractivity contribution in [3.05, 3.63) is 29.1 Å². The first-order valence-electron chi connectivity index (χ1n) is 8.07. The maximum Gasteiger partial charge on any atom is 0.541 e. The van der Waals surface area contributed by atoms with Crippen LogP contribution in [0.3, 0.4) is 0 Å². The first-order valence-corrected chi connectivity index (χ1v) is 10.0. The summed E-state index contributed by atoms with van der Waals surface area (Å²) in [5, 5.41) is 0. The number of hydrogen-bond acceptors (Lipinski definition) is 4. The van der Waals surface area contributed by atoms with Crippen molar-refractivity contribution in [2.24, 2.45) is 0 Å². The molecule has 150 valence electrons. The lowest BCUT2D eigenvalue weighted by Gasteiger charge is -2.34. The Hall–Kier alpha value is -1.23. The summed E-state index contributed by atoms with van der Waals surface area (Å²) in [6.45, 7) is 10.1. The number of ether oxygens (including phenoxy) is 1. The highest BCUT2D eigenvalue weighted by atomic mass is 28.4. The van der Waals surface area contributed by atoms with Gasteiger partial charge < -0.3 is 18.0 Å². The van der Waals surface area contributed by atoms with Crippen molar-refractivity contribution < 1.29 is 40.0 Å². The zero-order valence-electron chi connectivity index (χ0n) is 15.5. The van der Waals surface area contributed by atoms with E-state index in [9.17, 15) is 22.0 Å². The highest BCUT2D eigenvalue weighted by molar-refractivity contribution is 6.60. The highest BCUT2D eigenvalue weighted by Crippen LogP contribution is 2.30. The normalized spacial score (nSPS) is 12.5. The zero-order valence-corrected chi connectivity index (χ0v) is 16.5. The van der Waals surface area contributed by atoms with Gasteiger partial charge in [-0.2, -0.15) is 8.78 Å². The Morgan fingerprint density at radius 1 is 0.615 bits per heavy atom. The smallest absolute Gasteiger partial charge is 0.483 e. The van der Waals surface area contributed by atoms with Crippen molar-refractivity contribution in [3.8, 4) is 5.75 Å². The molecule has 0 radical (unpaired) electrons. The van der Waals surface area contributed by atoms with E-state index in [1.54, 1.807) is 41.5 Å². The summed E-state index contributed by atoms with van der Waals surface area (Å²) in [4.78, 5) is 0. The van der Waals surface area contributed by atoms with Gasteiger partial charge in [-0.25, -0.2) is 13.2 Å². The zero-order chi connectivity index (χ0) is 20.2. The molecular formula is C16H23F5O4Si. The molecule has 0 saturated carbocycles. The van der Waals surface area contributed by atoms with Gasteiger partial charge >= 0.3 is 8.80 Å². The molecule has 1 rings (SSSR count). The topological polar surface area (TPSA) is 36.9 Å². The largest absolute Gasteiger partial charge is 0.541 e. The minimum absolute atomic E-state index is 0.390. The minimum atomic E-state index is -3.66. The van der Waals surface area contributed by atoms with Gasteiger partial charge in [-0.15, -0.1) is 0 Å². The van der Waals surface area contributed by atoms with Crippen molar-refractivity contribution in [3.63, 3.8) is 0 Å². The lowest BCUT2D eigenvalue weighted by Crippen LogP contribution is -2.55. The van der Waals surface area contributed by atoms with Crippen LogP contribution in [0, 0.1) is 29.1 Å². The van der Waals surface area contributed by atoms with Crippen LogP contribution in [0.2, 0.25) is 0 Å². The first kappa shape index (κ1) is 22.8. The van der Waals surface area contributed by atoms with Crippen LogP contribution in [0.4, 0.5) is 22.0 Å². The molecule has 0 aliphatic carbocycles. The van der Waals surface area contributed by atoms with Crippen LogP contribution < -0.4 is 4.74 Å². The van der Waals surface area contributed by atoms with E-state index in [2.05, 4.69) is 0 Å². The second-order valence-corrected chi connectivity index (χ2v) is 8.73. The fourth-order valence-corrected chi connectivity index (χ4v) is 4.98. The lowest BCUT2D eigenvalue weighted by molar-refractivity contribution is -0.00927. The molecule has 0 heterocycles. The van der Waals surface area contributed by atoms with Gasteiger partial charge in [0.2, 0.25) is 29.1 Å². The van der Waals surface area contributed by atoms with Gasteiger partial charge in [0.25, 0.3) is 0 Å². The second kappa shape index (κ2) is 9.11. The molecule has 0 spiro atoms. The Labute approximate surface area is 150 Å². The van der Waals surface area contributed by atoms with Gasteiger partial charge in [-0.1, -0.05) is 0 Å². The van der Waals surface area contributed by atoms with Gasteiger partial charge in [0.15, 0.2) is 12.0 Å². The predicted octanol–water partition coefficient (Wildman–Crippen LogP) is 4.51. The molecule has 1 aromatic rings. The lowest BCUT2D eigenvalue weighted by atomic mass is 10.3. The maximum absolute atomic E-state index is 13.8. The SMILES string of the molecule is CC(C)O[Si](COc1c(F)c(F)c(F)c(F)c1F)(OC(C)C)OC(C)C. The number of benzene rings is 1. The first-order chi connectivity index (χ1) is 11.9. The summed E-state index contributed by atoms with van der Waals surface area (Å²) in [5.74, 6) is -12.0. The molecule has 0 unspecified atom stereocenters. The van der Waals surface area contributed by atoms with Crippen LogP contribution in [-0.2, 0) is 13.3 Å². The molecule has 1 aromatic carbocycles. The van der Waals surface area contributed by atoms with E-state index in [0.29, 0.717) is 0 Å². The van der Waals surface area contributed by atoms with Crippen LogP contribution in [0.1, 0.15) is 41.5 Å². The summed E-state index contributed by atoms with van der Waals surface area (Å²) in [7, 11) is -3.66. The summed E-state index contributed by atoms with van der Waals surface area (Å²) < 4.78 is 89.5. The van der Waals surface area contributed by atoms with Crippen molar-refractivity contribution >= 4 is 8.80 Å². The number of hydrogen-bond donors (Lipinski definition) is 0. The van der Waals surface area contributed by atoms with Gasteiger partial charge in [-0.05, 0) is 41.5 Å². The van der Waals surface area contributed by atoms with E-state index < -0.39 is 49.9 Å². The van der Waals surface area contributed by atoms with Crippen LogP contribution >= 0.6 is 0 Å². The molecule has 0 fully saturated rings. The monoisotopic (exact) mass is 402 g/mol. The average Bonchev–Trinajstić information content (AvgIpc) is 2.48. The Balaban J connectivity index is 3.24. The quantitative estimate of drug-likeness (QED) is 0.264. The van der Waals surface area contributed by atoms with Crippen LogP contribution in [-0.4, -0.2) is 33.3 Å². The molecule has 0 aliphatic heterocycles. The average molecular weight is 402 g/mol. The number of rotatable bonds is 9. The Bertz CT molecular complexity index is 570. The molecule has 0 N–H and O–H groups in total. The van der Waals surface area contributed by atoms with E-state index >= 15 is 0 Å². The van der Waals surface area contributed by atoms with E-state index in [0.717, 1.165) is 0 Å². The van der Waals surface area contributed by atoms with E-state index in [4.69, 9.17) is 18.0 Å². The Morgan fingerprint density at radius 3 is 1.23 bits per heavy atom. The summed E-state index contributed by atoms with van der Waals surface area (Å²) in [5.41, 5.74) is 0. The minimum Gasteiger partial charge on any atom is -0.483 e. The molecule has 26 heavy (non-hydrogen) atoms. The second-order valence-electron chi connectivity index (χ2n) is 6.37. The molecule has 0 aliphatic rings. The molecule has 4 nitrogen and oxygen atoms in total. The van der Waals surface area contributed by atoms with Crippen LogP contribution in [0.25, 0.3) is 0 Å². The Morgan fingerprint density at radius 2 is 0.923 bits per heavy atom. The third-order valence-corrected chi connectivity index (χ3v) is 5.80. The third kappa shape index (κ3) is 5.63. The van der Waals surface area contributed by atoms with Gasteiger partial charge in [0, 0.05) is 18.3 Å². The molecule has 0 bridgehead atoms. The molecule has 0 amide bonds. The van der Waals surface area contributed by atoms with Crippen LogP contribution in [0.15, 0.2) is 0 Å². The molecule has 10 heteroatoms. The summed E-state index contributed by atoms with van der Waals surface area (Å²) in [6, 6.07) is 0. The van der Waals surface area contributed by atoms with Crippen LogP contribution in [0.5, 0.6) is 5.75 Å². The highest BCUT2D eigenvalue weighted by Gasteiger charge is 2.46. The summed E-state index contributed by atoms with van der Waals surface area (Å²) >= 11 is 0.